The molecule has 2 aromatic carbocycles. The molecule has 2 bridgehead atoms. The Balaban J connectivity index is 1.48. The number of aliphatic hydroxyl groups is 1. The highest BCUT2D eigenvalue weighted by Crippen LogP contribution is 2.55. The number of benzene rings is 2. The fourth-order valence-electron chi connectivity index (χ4n) is 6.20. The zero-order valence-electron chi connectivity index (χ0n) is 18.6. The number of aliphatic imine (C=N–C) groups is 1. The van der Waals surface area contributed by atoms with Gasteiger partial charge in [-0.15, -0.1) is 0 Å². The number of nitrogen functional groups attached to an aromatic ring is 1. The van der Waals surface area contributed by atoms with E-state index in [-0.39, 0.29) is 46.8 Å². The monoisotopic (exact) mass is 480 g/mol. The van der Waals surface area contributed by atoms with Gasteiger partial charge in [0.1, 0.15) is 17.1 Å². The molecule has 2 aliphatic carbocycles. The van der Waals surface area contributed by atoms with Crippen molar-refractivity contribution in [1.29, 1.82) is 0 Å². The second kappa shape index (κ2) is 7.40. The predicted molar refractivity (Wildman–Crippen MR) is 127 cm³/mol. The maximum Gasteiger partial charge on any atom is 0.261 e. The van der Waals surface area contributed by atoms with Gasteiger partial charge in [0.05, 0.1) is 20.3 Å². The Morgan fingerprint density at radius 3 is 2.68 bits per heavy atom. The van der Waals surface area contributed by atoms with E-state index >= 15 is 0 Å². The molecule has 2 aromatic rings. The van der Waals surface area contributed by atoms with Crippen LogP contribution in [-0.4, -0.2) is 38.3 Å². The maximum absolute atomic E-state index is 13.9. The minimum absolute atomic E-state index is 0.00222. The molecular weight excluding hydrogens is 455 g/mol. The van der Waals surface area contributed by atoms with Gasteiger partial charge in [-0.2, -0.15) is 4.36 Å². The fraction of sp³-hybridized carbons (Fsp3) is 0.360. The number of carbonyl (C=O) groups excluding carboxylic acids is 1. The lowest BCUT2D eigenvalue weighted by Gasteiger charge is -2.43. The van der Waals surface area contributed by atoms with Crippen molar-refractivity contribution < 1.29 is 18.5 Å². The van der Waals surface area contributed by atoms with Gasteiger partial charge in [-0.05, 0) is 67.0 Å². The SMILES string of the molecule is CS1(=O)=NC(C2=C(O)[C@@H]3[C@H]4CC[C@H](C4)[C@@H]3N(Cc3ccc(F)cc3)C2=O)=Nc2ccc(N)cc21. The number of fused-ring (bicyclic) bond motifs is 6. The highest BCUT2D eigenvalue weighted by Gasteiger charge is 2.57. The van der Waals surface area contributed by atoms with Crippen molar-refractivity contribution >= 4 is 32.8 Å². The molecule has 1 amide bonds. The molecule has 0 aromatic heterocycles. The van der Waals surface area contributed by atoms with Crippen LogP contribution in [0.5, 0.6) is 0 Å². The van der Waals surface area contributed by atoms with Gasteiger partial charge in [0.15, 0.2) is 5.84 Å². The molecule has 1 unspecified atom stereocenters. The summed E-state index contributed by atoms with van der Waals surface area (Å²) in [6.45, 7) is 0.294. The Kier molecular flexibility index (Phi) is 4.64. The first-order chi connectivity index (χ1) is 16.2. The van der Waals surface area contributed by atoms with Crippen molar-refractivity contribution in [3.8, 4) is 0 Å². The lowest BCUT2D eigenvalue weighted by atomic mass is 9.77. The highest BCUT2D eigenvalue weighted by molar-refractivity contribution is 7.93. The summed E-state index contributed by atoms with van der Waals surface area (Å²) in [4.78, 5) is 20.6. The minimum Gasteiger partial charge on any atom is -0.511 e. The summed E-state index contributed by atoms with van der Waals surface area (Å²) in [7, 11) is -2.92. The van der Waals surface area contributed by atoms with Gasteiger partial charge in [-0.25, -0.2) is 13.6 Å². The van der Waals surface area contributed by atoms with Crippen LogP contribution in [-0.2, 0) is 21.1 Å². The molecule has 34 heavy (non-hydrogen) atoms. The van der Waals surface area contributed by atoms with Crippen molar-refractivity contribution in [2.75, 3.05) is 12.0 Å². The summed E-state index contributed by atoms with van der Waals surface area (Å²) in [5.74, 6) is -0.329. The molecule has 0 saturated heterocycles. The number of carbonyl (C=O) groups is 1. The van der Waals surface area contributed by atoms with Gasteiger partial charge in [0, 0.05) is 30.4 Å². The van der Waals surface area contributed by atoms with Gasteiger partial charge >= 0.3 is 0 Å². The second-order valence-corrected chi connectivity index (χ2v) is 12.0. The van der Waals surface area contributed by atoms with E-state index in [2.05, 4.69) is 9.36 Å². The summed E-state index contributed by atoms with van der Waals surface area (Å²) in [5, 5.41) is 11.4. The Morgan fingerprint density at radius 1 is 1.18 bits per heavy atom. The molecule has 2 aliphatic heterocycles. The van der Waals surface area contributed by atoms with Crippen LogP contribution in [0, 0.1) is 23.6 Å². The van der Waals surface area contributed by atoms with Gasteiger partial charge < -0.3 is 15.7 Å². The quantitative estimate of drug-likeness (QED) is 0.643. The predicted octanol–water partition coefficient (Wildman–Crippen LogP) is 4.18. The van der Waals surface area contributed by atoms with Gasteiger partial charge in [-0.1, -0.05) is 12.1 Å². The van der Waals surface area contributed by atoms with Crippen LogP contribution >= 0.6 is 0 Å². The average molecular weight is 481 g/mol. The van der Waals surface area contributed by atoms with Gasteiger partial charge in [-0.3, -0.25) is 4.79 Å². The minimum atomic E-state index is -2.92. The zero-order chi connectivity index (χ0) is 23.8. The molecule has 6 rings (SSSR count). The van der Waals surface area contributed by atoms with Crippen LogP contribution in [0.2, 0.25) is 0 Å². The van der Waals surface area contributed by atoms with Gasteiger partial charge in [0.2, 0.25) is 0 Å². The summed E-state index contributed by atoms with van der Waals surface area (Å²) in [6.07, 6.45) is 4.46. The third-order valence-electron chi connectivity index (χ3n) is 7.65. The summed E-state index contributed by atoms with van der Waals surface area (Å²) >= 11 is 0. The number of nitrogens with zero attached hydrogens (tertiary/aromatic N) is 3. The van der Waals surface area contributed by atoms with Crippen LogP contribution in [0.4, 0.5) is 15.8 Å². The van der Waals surface area contributed by atoms with Crippen molar-refractivity contribution in [3.05, 3.63) is 65.2 Å². The summed E-state index contributed by atoms with van der Waals surface area (Å²) in [5.41, 5.74) is 7.58. The van der Waals surface area contributed by atoms with E-state index in [0.29, 0.717) is 28.7 Å². The second-order valence-electron chi connectivity index (χ2n) is 9.73. The van der Waals surface area contributed by atoms with E-state index in [9.17, 15) is 18.5 Å². The number of hydrogen-bond donors (Lipinski definition) is 2. The van der Waals surface area contributed by atoms with Crippen LogP contribution in [0.15, 0.2) is 68.0 Å². The first kappa shape index (κ1) is 21.3. The lowest BCUT2D eigenvalue weighted by Crippen LogP contribution is -2.53. The first-order valence-corrected chi connectivity index (χ1v) is 13.3. The van der Waals surface area contributed by atoms with Crippen LogP contribution < -0.4 is 5.73 Å². The Bertz CT molecular complexity index is 1410. The van der Waals surface area contributed by atoms with E-state index in [0.717, 1.165) is 24.8 Å². The number of hydrogen-bond acceptors (Lipinski definition) is 6. The number of amides is 1. The van der Waals surface area contributed by atoms with E-state index in [4.69, 9.17) is 5.73 Å². The Morgan fingerprint density at radius 2 is 1.91 bits per heavy atom. The van der Waals surface area contributed by atoms with Crippen molar-refractivity contribution in [2.45, 2.75) is 36.7 Å². The molecule has 4 aliphatic rings. The largest absolute Gasteiger partial charge is 0.511 e. The first-order valence-electron chi connectivity index (χ1n) is 11.4. The number of rotatable bonds is 3. The van der Waals surface area contributed by atoms with Gasteiger partial charge in [0.25, 0.3) is 5.91 Å². The normalized spacial score (nSPS) is 31.8. The molecular formula is C25H25FN4O3S. The summed E-state index contributed by atoms with van der Waals surface area (Å²) < 4.78 is 31.3. The Labute approximate surface area is 197 Å². The number of halogens is 1. The third kappa shape index (κ3) is 3.17. The third-order valence-corrected chi connectivity index (χ3v) is 9.31. The molecule has 2 fully saturated rings. The van der Waals surface area contributed by atoms with E-state index < -0.39 is 9.73 Å². The molecule has 176 valence electrons. The highest BCUT2D eigenvalue weighted by atomic mass is 32.2. The topological polar surface area (TPSA) is 108 Å². The molecule has 2 saturated carbocycles. The van der Waals surface area contributed by atoms with Crippen molar-refractivity contribution in [2.24, 2.45) is 27.1 Å². The molecule has 5 atom stereocenters. The maximum atomic E-state index is 13.9. The lowest BCUT2D eigenvalue weighted by molar-refractivity contribution is -0.134. The molecule has 0 radical (unpaired) electrons. The molecule has 0 spiro atoms. The van der Waals surface area contributed by atoms with E-state index in [1.807, 2.05) is 0 Å². The van der Waals surface area contributed by atoms with E-state index in [1.54, 1.807) is 35.2 Å². The molecule has 3 N–H and O–H groups in total. The van der Waals surface area contributed by atoms with Crippen molar-refractivity contribution in [3.63, 3.8) is 0 Å². The zero-order valence-corrected chi connectivity index (χ0v) is 19.5. The summed E-state index contributed by atoms with van der Waals surface area (Å²) in [6, 6.07) is 10.9. The number of anilines is 1. The number of nitrogens with two attached hydrogens (primary N) is 1. The van der Waals surface area contributed by atoms with Crippen LogP contribution in [0.25, 0.3) is 0 Å². The number of aliphatic hydroxyl groups excluding tert-OH is 1. The fourth-order valence-corrected chi connectivity index (χ4v) is 7.62. The smallest absolute Gasteiger partial charge is 0.261 e. The van der Waals surface area contributed by atoms with Crippen molar-refractivity contribution in [1.82, 2.24) is 4.90 Å². The van der Waals surface area contributed by atoms with Crippen LogP contribution in [0.1, 0.15) is 24.8 Å². The Hall–Kier alpha value is -3.20. The van der Waals surface area contributed by atoms with E-state index in [1.165, 1.54) is 18.4 Å². The number of amidine groups is 1. The molecule has 2 heterocycles. The molecule has 7 nitrogen and oxygen atoms in total. The van der Waals surface area contributed by atoms with Crippen LogP contribution in [0.3, 0.4) is 0 Å². The average Bonchev–Trinajstić information content (AvgIpc) is 3.40. The molecule has 9 heteroatoms. The standard InChI is InChI=1S/C25H25FN4O3S/c1-34(33)19-11-17(27)8-9-18(19)28-24(29-34)21-23(31)20-14-4-5-15(10-14)22(20)30(25(21)32)12-13-2-6-16(26)7-3-13/h2-3,6-9,11,14-15,20,22,31H,4-5,10,12,27H2,1H3/t14-,15+,20+,22-,34?/m0/s1.